The molecule has 0 N–H and O–H groups in total. The van der Waals surface area contributed by atoms with Gasteiger partial charge in [0.05, 0.1) is 6.04 Å². The highest BCUT2D eigenvalue weighted by Crippen LogP contribution is 2.29. The van der Waals surface area contributed by atoms with E-state index in [0.717, 1.165) is 18.7 Å². The number of hydrogen-bond acceptors (Lipinski definition) is 2. The Kier molecular flexibility index (Phi) is 1.63. The molecule has 1 aromatic carbocycles. The van der Waals surface area contributed by atoms with Crippen molar-refractivity contribution in [3.63, 3.8) is 0 Å². The zero-order chi connectivity index (χ0) is 9.38. The first-order valence-corrected chi connectivity index (χ1v) is 4.88. The Morgan fingerprint density at radius 3 is 2.93 bits per heavy atom. The fraction of sp³-hybridized carbons (Fsp3) is 0.273. The molecule has 0 bridgehead atoms. The van der Waals surface area contributed by atoms with Crippen molar-refractivity contribution < 1.29 is 0 Å². The van der Waals surface area contributed by atoms with Gasteiger partial charge in [-0.3, -0.25) is 0 Å². The Labute approximate surface area is 82.4 Å². The van der Waals surface area contributed by atoms with Gasteiger partial charge in [0.15, 0.2) is 0 Å². The molecule has 0 saturated heterocycles. The van der Waals surface area contributed by atoms with Gasteiger partial charge < -0.3 is 0 Å². The van der Waals surface area contributed by atoms with Gasteiger partial charge in [0.25, 0.3) is 0 Å². The van der Waals surface area contributed by atoms with Crippen LogP contribution in [0.4, 0.5) is 0 Å². The number of rotatable bonds is 1. The zero-order valence-corrected chi connectivity index (χ0v) is 7.80. The Morgan fingerprint density at radius 2 is 2.07 bits per heavy atom. The van der Waals surface area contributed by atoms with Gasteiger partial charge in [-0.25, -0.2) is 9.67 Å². The first kappa shape index (κ1) is 7.74. The summed E-state index contributed by atoms with van der Waals surface area (Å²) in [7, 11) is 0. The highest BCUT2D eigenvalue weighted by Gasteiger charge is 2.24. The number of aryl methyl sites for hydroxylation is 1. The van der Waals surface area contributed by atoms with E-state index in [1.54, 1.807) is 6.33 Å². The molecule has 1 aromatic heterocycles. The minimum absolute atomic E-state index is 0.397. The van der Waals surface area contributed by atoms with Crippen molar-refractivity contribution in [2.75, 3.05) is 0 Å². The van der Waals surface area contributed by atoms with Gasteiger partial charge in [-0.15, -0.1) is 0 Å². The Hall–Kier alpha value is -1.64. The summed E-state index contributed by atoms with van der Waals surface area (Å²) in [6.07, 6.45) is 3.81. The number of benzene rings is 1. The molecular weight excluding hydrogens is 174 g/mol. The predicted octanol–water partition coefficient (Wildman–Crippen LogP) is 1.81. The SMILES string of the molecule is c1ccc(C2CCc3ncnn32)cc1. The van der Waals surface area contributed by atoms with Crippen molar-refractivity contribution in [1.29, 1.82) is 0 Å². The van der Waals surface area contributed by atoms with Crippen LogP contribution in [0.3, 0.4) is 0 Å². The Morgan fingerprint density at radius 1 is 1.21 bits per heavy atom. The summed E-state index contributed by atoms with van der Waals surface area (Å²) in [6, 6.07) is 10.9. The van der Waals surface area contributed by atoms with E-state index in [9.17, 15) is 0 Å². The van der Waals surface area contributed by atoms with Gasteiger partial charge in [-0.05, 0) is 12.0 Å². The highest BCUT2D eigenvalue weighted by molar-refractivity contribution is 5.21. The fourth-order valence-electron chi connectivity index (χ4n) is 2.08. The monoisotopic (exact) mass is 185 g/mol. The topological polar surface area (TPSA) is 30.7 Å². The van der Waals surface area contributed by atoms with Gasteiger partial charge in [-0.2, -0.15) is 5.10 Å². The molecule has 3 heteroatoms. The van der Waals surface area contributed by atoms with Crippen LogP contribution in [0.15, 0.2) is 36.7 Å². The van der Waals surface area contributed by atoms with Gasteiger partial charge in [0.1, 0.15) is 12.2 Å². The van der Waals surface area contributed by atoms with Crippen LogP contribution in [0.5, 0.6) is 0 Å². The molecule has 0 amide bonds. The molecule has 0 fully saturated rings. The summed E-state index contributed by atoms with van der Waals surface area (Å²) >= 11 is 0. The molecule has 1 aliphatic rings. The van der Waals surface area contributed by atoms with E-state index in [2.05, 4.69) is 34.3 Å². The van der Waals surface area contributed by atoms with Gasteiger partial charge >= 0.3 is 0 Å². The molecule has 0 spiro atoms. The molecule has 3 nitrogen and oxygen atoms in total. The lowest BCUT2D eigenvalue weighted by Crippen LogP contribution is -2.06. The predicted molar refractivity (Wildman–Crippen MR) is 52.9 cm³/mol. The fourth-order valence-corrected chi connectivity index (χ4v) is 2.08. The summed E-state index contributed by atoms with van der Waals surface area (Å²) in [5, 5.41) is 4.26. The maximum atomic E-state index is 4.26. The van der Waals surface area contributed by atoms with Crippen molar-refractivity contribution in [3.05, 3.63) is 48.0 Å². The van der Waals surface area contributed by atoms with E-state index < -0.39 is 0 Å². The summed E-state index contributed by atoms with van der Waals surface area (Å²) < 4.78 is 2.04. The van der Waals surface area contributed by atoms with Gasteiger partial charge in [0, 0.05) is 6.42 Å². The molecule has 3 rings (SSSR count). The molecule has 1 atom stereocenters. The first-order valence-electron chi connectivity index (χ1n) is 4.88. The first-order chi connectivity index (χ1) is 6.95. The van der Waals surface area contributed by atoms with Crippen LogP contribution in [0.25, 0.3) is 0 Å². The Balaban J connectivity index is 2.03. The Bertz CT molecular complexity index is 433. The third-order valence-corrected chi connectivity index (χ3v) is 2.77. The van der Waals surface area contributed by atoms with Crippen molar-refractivity contribution >= 4 is 0 Å². The molecule has 1 aliphatic heterocycles. The smallest absolute Gasteiger partial charge is 0.138 e. The molecule has 2 heterocycles. The second-order valence-corrected chi connectivity index (χ2v) is 3.59. The lowest BCUT2D eigenvalue weighted by Gasteiger charge is -2.10. The summed E-state index contributed by atoms with van der Waals surface area (Å²) in [5.41, 5.74) is 1.33. The van der Waals surface area contributed by atoms with Crippen LogP contribution >= 0.6 is 0 Å². The molecule has 14 heavy (non-hydrogen) atoms. The van der Waals surface area contributed by atoms with E-state index in [0.29, 0.717) is 6.04 Å². The van der Waals surface area contributed by atoms with E-state index >= 15 is 0 Å². The largest absolute Gasteiger partial charge is 0.243 e. The van der Waals surface area contributed by atoms with Crippen molar-refractivity contribution in [1.82, 2.24) is 14.8 Å². The lowest BCUT2D eigenvalue weighted by molar-refractivity contribution is 0.555. The molecule has 0 radical (unpaired) electrons. The molecule has 1 unspecified atom stereocenters. The number of aromatic nitrogens is 3. The molecular formula is C11H11N3. The minimum atomic E-state index is 0.397. The number of nitrogens with zero attached hydrogens (tertiary/aromatic N) is 3. The van der Waals surface area contributed by atoms with Gasteiger partial charge in [0.2, 0.25) is 0 Å². The second-order valence-electron chi connectivity index (χ2n) is 3.59. The summed E-state index contributed by atoms with van der Waals surface area (Å²) in [5.74, 6) is 1.11. The third kappa shape index (κ3) is 1.05. The van der Waals surface area contributed by atoms with Gasteiger partial charge in [-0.1, -0.05) is 30.3 Å². The average molecular weight is 185 g/mol. The van der Waals surface area contributed by atoms with E-state index in [1.807, 2.05) is 10.7 Å². The maximum Gasteiger partial charge on any atom is 0.138 e. The van der Waals surface area contributed by atoms with Crippen molar-refractivity contribution in [2.24, 2.45) is 0 Å². The number of fused-ring (bicyclic) bond motifs is 1. The van der Waals surface area contributed by atoms with Crippen molar-refractivity contribution in [2.45, 2.75) is 18.9 Å². The van der Waals surface area contributed by atoms with Crippen LogP contribution in [0.2, 0.25) is 0 Å². The molecule has 70 valence electrons. The zero-order valence-electron chi connectivity index (χ0n) is 7.80. The van der Waals surface area contributed by atoms with Crippen LogP contribution < -0.4 is 0 Å². The molecule has 2 aromatic rings. The van der Waals surface area contributed by atoms with E-state index in [-0.39, 0.29) is 0 Å². The average Bonchev–Trinajstić information content (AvgIpc) is 2.79. The van der Waals surface area contributed by atoms with E-state index in [1.165, 1.54) is 5.56 Å². The van der Waals surface area contributed by atoms with Crippen LogP contribution in [0, 0.1) is 0 Å². The molecule has 0 saturated carbocycles. The third-order valence-electron chi connectivity index (χ3n) is 2.77. The summed E-state index contributed by atoms with van der Waals surface area (Å²) in [6.45, 7) is 0. The molecule has 0 aliphatic carbocycles. The second kappa shape index (κ2) is 2.94. The van der Waals surface area contributed by atoms with Crippen LogP contribution in [-0.2, 0) is 6.42 Å². The standard InChI is InChI=1S/C11H11N3/c1-2-4-9(5-3-1)10-6-7-11-12-8-13-14(10)11/h1-5,8,10H,6-7H2. The van der Waals surface area contributed by atoms with Crippen molar-refractivity contribution in [3.8, 4) is 0 Å². The lowest BCUT2D eigenvalue weighted by atomic mass is 10.1. The normalized spacial score (nSPS) is 19.6. The van der Waals surface area contributed by atoms with Crippen LogP contribution in [-0.4, -0.2) is 14.8 Å². The van der Waals surface area contributed by atoms with E-state index in [4.69, 9.17) is 0 Å². The number of hydrogen-bond donors (Lipinski definition) is 0. The maximum absolute atomic E-state index is 4.26. The highest BCUT2D eigenvalue weighted by atomic mass is 15.4. The van der Waals surface area contributed by atoms with Crippen LogP contribution in [0.1, 0.15) is 23.9 Å². The minimum Gasteiger partial charge on any atom is -0.243 e. The quantitative estimate of drug-likeness (QED) is 0.678. The summed E-state index contributed by atoms with van der Waals surface area (Å²) in [4.78, 5) is 4.22.